The zero-order valence-electron chi connectivity index (χ0n) is 11.1. The van der Waals surface area contributed by atoms with Gasteiger partial charge in [-0.2, -0.15) is 5.26 Å². The quantitative estimate of drug-likeness (QED) is 0.900. The topological polar surface area (TPSA) is 65.8 Å². The van der Waals surface area contributed by atoms with Gasteiger partial charge in [0.15, 0.2) is 0 Å². The van der Waals surface area contributed by atoms with Crippen molar-refractivity contribution in [1.29, 1.82) is 5.26 Å². The summed E-state index contributed by atoms with van der Waals surface area (Å²) < 4.78 is 0. The molecule has 1 aromatic rings. The van der Waals surface area contributed by atoms with E-state index in [2.05, 4.69) is 10.3 Å². The fraction of sp³-hybridized carbons (Fsp3) is 0.533. The lowest BCUT2D eigenvalue weighted by Gasteiger charge is -2.20. The SMILES string of the molecule is N#Cc1ccc(NC(=O)CCC2CCCCC2)nc1. The monoisotopic (exact) mass is 257 g/mol. The molecule has 4 nitrogen and oxygen atoms in total. The Labute approximate surface area is 113 Å². The van der Waals surface area contributed by atoms with Gasteiger partial charge in [-0.25, -0.2) is 4.98 Å². The van der Waals surface area contributed by atoms with E-state index in [-0.39, 0.29) is 5.91 Å². The fourth-order valence-corrected chi connectivity index (χ4v) is 2.55. The van der Waals surface area contributed by atoms with E-state index in [4.69, 9.17) is 5.26 Å². The number of aromatic nitrogens is 1. The molecule has 0 bridgehead atoms. The standard InChI is InChI=1S/C15H19N3O/c16-10-13-6-8-14(17-11-13)18-15(19)9-7-12-4-2-1-3-5-12/h6,8,11-12H,1-5,7,9H2,(H,17,18,19). The van der Waals surface area contributed by atoms with Crippen molar-refractivity contribution in [3.05, 3.63) is 23.9 Å². The van der Waals surface area contributed by atoms with Gasteiger partial charge in [-0.1, -0.05) is 32.1 Å². The van der Waals surface area contributed by atoms with Crippen LogP contribution in [0.5, 0.6) is 0 Å². The Hall–Kier alpha value is -1.89. The van der Waals surface area contributed by atoms with Crippen LogP contribution in [0.3, 0.4) is 0 Å². The van der Waals surface area contributed by atoms with E-state index in [0.29, 0.717) is 23.7 Å². The number of carbonyl (C=O) groups excluding carboxylic acids is 1. The normalized spacial score (nSPS) is 15.7. The van der Waals surface area contributed by atoms with Gasteiger partial charge in [0.05, 0.1) is 5.56 Å². The van der Waals surface area contributed by atoms with E-state index in [0.717, 1.165) is 6.42 Å². The van der Waals surface area contributed by atoms with E-state index < -0.39 is 0 Å². The van der Waals surface area contributed by atoms with Crippen molar-refractivity contribution in [2.24, 2.45) is 5.92 Å². The molecule has 4 heteroatoms. The number of carbonyl (C=O) groups is 1. The molecule has 100 valence electrons. The smallest absolute Gasteiger partial charge is 0.225 e. The molecule has 1 aliphatic carbocycles. The maximum absolute atomic E-state index is 11.8. The predicted octanol–water partition coefficient (Wildman–Crippen LogP) is 3.25. The predicted molar refractivity (Wildman–Crippen MR) is 73.4 cm³/mol. The molecular weight excluding hydrogens is 238 g/mol. The van der Waals surface area contributed by atoms with Crippen LogP contribution in [0.15, 0.2) is 18.3 Å². The summed E-state index contributed by atoms with van der Waals surface area (Å²) >= 11 is 0. The second-order valence-electron chi connectivity index (χ2n) is 5.13. The second-order valence-corrected chi connectivity index (χ2v) is 5.13. The fourth-order valence-electron chi connectivity index (χ4n) is 2.55. The molecule has 2 rings (SSSR count). The zero-order valence-corrected chi connectivity index (χ0v) is 11.1. The Balaban J connectivity index is 1.75. The Morgan fingerprint density at radius 1 is 1.37 bits per heavy atom. The first-order valence-electron chi connectivity index (χ1n) is 6.94. The van der Waals surface area contributed by atoms with Gasteiger partial charge in [0.1, 0.15) is 11.9 Å². The number of rotatable bonds is 4. The Kier molecular flexibility index (Phi) is 4.91. The van der Waals surface area contributed by atoms with Gasteiger partial charge in [0.2, 0.25) is 5.91 Å². The Bertz CT molecular complexity index is 455. The highest BCUT2D eigenvalue weighted by Gasteiger charge is 2.14. The molecule has 0 spiro atoms. The van der Waals surface area contributed by atoms with Crippen LogP contribution in [0.1, 0.15) is 50.5 Å². The number of anilines is 1. The number of amides is 1. The minimum absolute atomic E-state index is 0.0165. The van der Waals surface area contributed by atoms with Gasteiger partial charge >= 0.3 is 0 Å². The van der Waals surface area contributed by atoms with Gasteiger partial charge in [0, 0.05) is 12.6 Å². The van der Waals surface area contributed by atoms with Crippen molar-refractivity contribution in [1.82, 2.24) is 4.98 Å². The van der Waals surface area contributed by atoms with E-state index in [9.17, 15) is 4.79 Å². The molecule has 0 unspecified atom stereocenters. The third-order valence-corrected chi connectivity index (χ3v) is 3.66. The third-order valence-electron chi connectivity index (χ3n) is 3.66. The number of nitriles is 1. The van der Waals surface area contributed by atoms with E-state index in [1.807, 2.05) is 6.07 Å². The average molecular weight is 257 g/mol. The van der Waals surface area contributed by atoms with E-state index >= 15 is 0 Å². The summed E-state index contributed by atoms with van der Waals surface area (Å²) in [5.41, 5.74) is 0.500. The van der Waals surface area contributed by atoms with Gasteiger partial charge in [-0.05, 0) is 24.5 Å². The lowest BCUT2D eigenvalue weighted by Crippen LogP contribution is -2.15. The van der Waals surface area contributed by atoms with Crippen molar-refractivity contribution in [2.75, 3.05) is 5.32 Å². The summed E-state index contributed by atoms with van der Waals surface area (Å²) in [5, 5.41) is 11.4. The molecule has 0 aliphatic heterocycles. The van der Waals surface area contributed by atoms with Crippen molar-refractivity contribution in [2.45, 2.75) is 44.9 Å². The van der Waals surface area contributed by atoms with Crippen LogP contribution in [0.4, 0.5) is 5.82 Å². The van der Waals surface area contributed by atoms with Gasteiger partial charge in [-0.3, -0.25) is 4.79 Å². The summed E-state index contributed by atoms with van der Waals surface area (Å²) in [6.45, 7) is 0. The summed E-state index contributed by atoms with van der Waals surface area (Å²) in [4.78, 5) is 15.8. The number of hydrogen-bond donors (Lipinski definition) is 1. The zero-order chi connectivity index (χ0) is 13.5. The van der Waals surface area contributed by atoms with Crippen LogP contribution in [-0.2, 0) is 4.79 Å². The van der Waals surface area contributed by atoms with Crippen LogP contribution in [0.2, 0.25) is 0 Å². The molecule has 0 aromatic carbocycles. The van der Waals surface area contributed by atoms with E-state index in [1.165, 1.54) is 38.3 Å². The molecule has 1 amide bonds. The Morgan fingerprint density at radius 3 is 2.79 bits per heavy atom. The molecule has 1 heterocycles. The molecule has 0 atom stereocenters. The third kappa shape index (κ3) is 4.36. The largest absolute Gasteiger partial charge is 0.311 e. The number of nitrogens with one attached hydrogen (secondary N) is 1. The molecule has 1 aromatic heterocycles. The van der Waals surface area contributed by atoms with Crippen molar-refractivity contribution in [3.63, 3.8) is 0 Å². The maximum atomic E-state index is 11.8. The molecule has 1 aliphatic rings. The molecular formula is C15H19N3O. The molecule has 1 N–H and O–H groups in total. The lowest BCUT2D eigenvalue weighted by atomic mass is 9.86. The first kappa shape index (κ1) is 13.5. The second kappa shape index (κ2) is 6.89. The van der Waals surface area contributed by atoms with E-state index in [1.54, 1.807) is 12.1 Å². The molecule has 19 heavy (non-hydrogen) atoms. The van der Waals surface area contributed by atoms with Gasteiger partial charge < -0.3 is 5.32 Å². The first-order chi connectivity index (χ1) is 9.28. The summed E-state index contributed by atoms with van der Waals surface area (Å²) in [7, 11) is 0. The number of nitrogens with zero attached hydrogens (tertiary/aromatic N) is 2. The summed E-state index contributed by atoms with van der Waals surface area (Å²) in [6.07, 6.45) is 9.50. The first-order valence-corrected chi connectivity index (χ1v) is 6.94. The van der Waals surface area contributed by atoms with Gasteiger partial charge in [0.25, 0.3) is 0 Å². The molecule has 1 saturated carbocycles. The van der Waals surface area contributed by atoms with Crippen LogP contribution >= 0.6 is 0 Å². The highest BCUT2D eigenvalue weighted by molar-refractivity contribution is 5.89. The van der Waals surface area contributed by atoms with Crippen molar-refractivity contribution >= 4 is 11.7 Å². The van der Waals surface area contributed by atoms with Crippen LogP contribution in [0, 0.1) is 17.2 Å². The van der Waals surface area contributed by atoms with Crippen molar-refractivity contribution < 1.29 is 4.79 Å². The maximum Gasteiger partial charge on any atom is 0.225 e. The highest BCUT2D eigenvalue weighted by atomic mass is 16.1. The molecule has 0 saturated heterocycles. The summed E-state index contributed by atoms with van der Waals surface area (Å²) in [6, 6.07) is 5.32. The minimum atomic E-state index is 0.0165. The average Bonchev–Trinajstić information content (AvgIpc) is 2.47. The molecule has 0 radical (unpaired) electrons. The highest BCUT2D eigenvalue weighted by Crippen LogP contribution is 2.27. The minimum Gasteiger partial charge on any atom is -0.311 e. The van der Waals surface area contributed by atoms with Gasteiger partial charge in [-0.15, -0.1) is 0 Å². The van der Waals surface area contributed by atoms with Crippen molar-refractivity contribution in [3.8, 4) is 6.07 Å². The lowest BCUT2D eigenvalue weighted by molar-refractivity contribution is -0.116. The summed E-state index contributed by atoms with van der Waals surface area (Å²) in [5.74, 6) is 1.25. The van der Waals surface area contributed by atoms with Crippen LogP contribution in [0.25, 0.3) is 0 Å². The van der Waals surface area contributed by atoms with Crippen LogP contribution < -0.4 is 5.32 Å². The Morgan fingerprint density at radius 2 is 2.16 bits per heavy atom. The molecule has 1 fully saturated rings. The van der Waals surface area contributed by atoms with Crippen LogP contribution in [-0.4, -0.2) is 10.9 Å². The number of pyridine rings is 1. The number of hydrogen-bond acceptors (Lipinski definition) is 3.